The van der Waals surface area contributed by atoms with Crippen LogP contribution < -0.4 is 5.43 Å². The van der Waals surface area contributed by atoms with E-state index in [-0.39, 0.29) is 27.9 Å². The molecule has 2 heterocycles. The van der Waals surface area contributed by atoms with Crippen LogP contribution in [0.3, 0.4) is 0 Å². The molecule has 128 valence electrons. The molecule has 6 heteroatoms. The van der Waals surface area contributed by atoms with Crippen LogP contribution in [0, 0.1) is 5.82 Å². The molecule has 0 bridgehead atoms. The van der Waals surface area contributed by atoms with E-state index >= 15 is 0 Å². The van der Waals surface area contributed by atoms with Gasteiger partial charge in [-0.15, -0.1) is 0 Å². The fraction of sp³-hybridized carbons (Fsp3) is 0.444. The largest absolute Gasteiger partial charge is 0.348 e. The van der Waals surface area contributed by atoms with Crippen LogP contribution in [-0.4, -0.2) is 53.9 Å². The number of H-pyrrole nitrogens is 1. The first kappa shape index (κ1) is 16.6. The second-order valence-electron chi connectivity index (χ2n) is 6.55. The molecule has 0 aliphatic carbocycles. The third-order valence-corrected chi connectivity index (χ3v) is 4.76. The van der Waals surface area contributed by atoms with Gasteiger partial charge in [0, 0.05) is 30.6 Å². The van der Waals surface area contributed by atoms with Crippen molar-refractivity contribution in [1.82, 2.24) is 14.8 Å². The van der Waals surface area contributed by atoms with Crippen molar-refractivity contribution in [1.29, 1.82) is 0 Å². The lowest BCUT2D eigenvalue weighted by molar-refractivity contribution is 0.0753. The summed E-state index contributed by atoms with van der Waals surface area (Å²) in [5.41, 5.74) is -0.0946. The van der Waals surface area contributed by atoms with Gasteiger partial charge in [0.25, 0.3) is 5.91 Å². The number of para-hydroxylation sites is 1. The molecular formula is C18H22FN3O2. The SMILES string of the molecule is CN(C)[C@@H]1CCCN(C(=O)c2cc(=O)c3cccc(F)c3[nH]2)CC1. The van der Waals surface area contributed by atoms with E-state index < -0.39 is 5.82 Å². The van der Waals surface area contributed by atoms with Gasteiger partial charge < -0.3 is 14.8 Å². The molecule has 1 aliphatic rings. The standard InChI is InChI=1S/C18H22FN3O2/c1-21(2)12-5-4-9-22(10-8-12)18(24)15-11-16(23)13-6-3-7-14(19)17(13)20-15/h3,6-7,11-12H,4-5,8-10H2,1-2H3,(H,20,23)/t12-/m1/s1. The number of rotatable bonds is 2. The van der Waals surface area contributed by atoms with Crippen LogP contribution in [0.2, 0.25) is 0 Å². The predicted octanol–water partition coefficient (Wildman–Crippen LogP) is 2.22. The Morgan fingerprint density at radius 3 is 2.83 bits per heavy atom. The molecular weight excluding hydrogens is 309 g/mol. The summed E-state index contributed by atoms with van der Waals surface area (Å²) in [6.07, 6.45) is 2.85. The lowest BCUT2D eigenvalue weighted by Gasteiger charge is -2.23. The molecule has 5 nitrogen and oxygen atoms in total. The van der Waals surface area contributed by atoms with Gasteiger partial charge in [0.05, 0.1) is 5.52 Å². The number of hydrogen-bond donors (Lipinski definition) is 1. The second kappa shape index (κ2) is 6.73. The number of aromatic amines is 1. The van der Waals surface area contributed by atoms with E-state index in [2.05, 4.69) is 9.88 Å². The van der Waals surface area contributed by atoms with E-state index in [0.29, 0.717) is 19.1 Å². The summed E-state index contributed by atoms with van der Waals surface area (Å²) >= 11 is 0. The molecule has 1 aromatic heterocycles. The molecule has 3 rings (SSSR count). The van der Waals surface area contributed by atoms with E-state index in [1.807, 2.05) is 14.1 Å². The van der Waals surface area contributed by atoms with Crippen LogP contribution in [0.25, 0.3) is 10.9 Å². The van der Waals surface area contributed by atoms with E-state index in [4.69, 9.17) is 0 Å². The van der Waals surface area contributed by atoms with Crippen LogP contribution in [0.15, 0.2) is 29.1 Å². The molecule has 1 aromatic carbocycles. The van der Waals surface area contributed by atoms with Gasteiger partial charge in [0.2, 0.25) is 0 Å². The third-order valence-electron chi connectivity index (χ3n) is 4.76. The number of benzene rings is 1. The van der Waals surface area contributed by atoms with Gasteiger partial charge in [-0.1, -0.05) is 6.07 Å². The van der Waals surface area contributed by atoms with Crippen molar-refractivity contribution in [3.63, 3.8) is 0 Å². The molecule has 0 saturated carbocycles. The monoisotopic (exact) mass is 331 g/mol. The Labute approximate surface area is 140 Å². The van der Waals surface area contributed by atoms with Crippen molar-refractivity contribution in [2.75, 3.05) is 27.2 Å². The molecule has 24 heavy (non-hydrogen) atoms. The smallest absolute Gasteiger partial charge is 0.270 e. The zero-order valence-corrected chi connectivity index (χ0v) is 14.0. The maximum atomic E-state index is 14.0. The average molecular weight is 331 g/mol. The van der Waals surface area contributed by atoms with E-state index in [1.54, 1.807) is 11.0 Å². The van der Waals surface area contributed by atoms with Gasteiger partial charge in [-0.05, 0) is 45.5 Å². The third kappa shape index (κ3) is 3.19. The Hall–Kier alpha value is -2.21. The van der Waals surface area contributed by atoms with Crippen molar-refractivity contribution in [2.24, 2.45) is 0 Å². The molecule has 1 fully saturated rings. The number of nitrogens with one attached hydrogen (secondary N) is 1. The average Bonchev–Trinajstić information content (AvgIpc) is 2.81. The molecule has 2 aromatic rings. The Morgan fingerprint density at radius 2 is 2.08 bits per heavy atom. The van der Waals surface area contributed by atoms with Gasteiger partial charge in [-0.3, -0.25) is 9.59 Å². The summed E-state index contributed by atoms with van der Waals surface area (Å²) in [5.74, 6) is -0.764. The highest BCUT2D eigenvalue weighted by molar-refractivity contribution is 5.95. The quantitative estimate of drug-likeness (QED) is 0.918. The summed E-state index contributed by atoms with van der Waals surface area (Å²) in [7, 11) is 4.09. The van der Waals surface area contributed by atoms with Crippen LogP contribution in [0.4, 0.5) is 4.39 Å². The minimum atomic E-state index is -0.525. The van der Waals surface area contributed by atoms with Crippen molar-refractivity contribution < 1.29 is 9.18 Å². The van der Waals surface area contributed by atoms with E-state index in [1.165, 1.54) is 18.2 Å². The summed E-state index contributed by atoms with van der Waals surface area (Å²) in [4.78, 5) is 31.7. The van der Waals surface area contributed by atoms with E-state index in [9.17, 15) is 14.0 Å². The highest BCUT2D eigenvalue weighted by atomic mass is 19.1. The Balaban J connectivity index is 1.89. The van der Waals surface area contributed by atoms with E-state index in [0.717, 1.165) is 19.3 Å². The van der Waals surface area contributed by atoms with Gasteiger partial charge >= 0.3 is 0 Å². The minimum Gasteiger partial charge on any atom is -0.348 e. The zero-order chi connectivity index (χ0) is 17.3. The first-order valence-electron chi connectivity index (χ1n) is 8.24. The topological polar surface area (TPSA) is 56.4 Å². The fourth-order valence-electron chi connectivity index (χ4n) is 3.32. The minimum absolute atomic E-state index is 0.0920. The van der Waals surface area contributed by atoms with Crippen molar-refractivity contribution in [2.45, 2.75) is 25.3 Å². The Bertz CT molecular complexity index is 816. The summed E-state index contributed by atoms with van der Waals surface area (Å²) in [5, 5.41) is 0.259. The number of aromatic nitrogens is 1. The van der Waals surface area contributed by atoms with Crippen LogP contribution in [0.5, 0.6) is 0 Å². The second-order valence-corrected chi connectivity index (χ2v) is 6.55. The van der Waals surface area contributed by atoms with Crippen LogP contribution >= 0.6 is 0 Å². The fourth-order valence-corrected chi connectivity index (χ4v) is 3.32. The van der Waals surface area contributed by atoms with Gasteiger partial charge in [-0.2, -0.15) is 0 Å². The molecule has 1 amide bonds. The van der Waals surface area contributed by atoms with Crippen molar-refractivity contribution >= 4 is 16.8 Å². The maximum absolute atomic E-state index is 14.0. The van der Waals surface area contributed by atoms with Crippen LogP contribution in [0.1, 0.15) is 29.8 Å². The van der Waals surface area contributed by atoms with Gasteiger partial charge in [-0.25, -0.2) is 4.39 Å². The molecule has 0 radical (unpaired) electrons. The zero-order valence-electron chi connectivity index (χ0n) is 14.0. The normalized spacial score (nSPS) is 18.8. The number of likely N-dealkylation sites (tertiary alicyclic amines) is 1. The highest BCUT2D eigenvalue weighted by Gasteiger charge is 2.23. The highest BCUT2D eigenvalue weighted by Crippen LogP contribution is 2.17. The lowest BCUT2D eigenvalue weighted by Crippen LogP contribution is -2.34. The number of fused-ring (bicyclic) bond motifs is 1. The number of carbonyl (C=O) groups is 1. The summed E-state index contributed by atoms with van der Waals surface area (Å²) in [6, 6.07) is 6.05. The summed E-state index contributed by atoms with van der Waals surface area (Å²) < 4.78 is 14.0. The molecule has 0 spiro atoms. The Kier molecular flexibility index (Phi) is 4.66. The molecule has 1 atom stereocenters. The van der Waals surface area contributed by atoms with Crippen molar-refractivity contribution in [3.8, 4) is 0 Å². The Morgan fingerprint density at radius 1 is 1.29 bits per heavy atom. The molecule has 0 unspecified atom stereocenters. The lowest BCUT2D eigenvalue weighted by atomic mass is 10.1. The predicted molar refractivity (Wildman–Crippen MR) is 91.8 cm³/mol. The first-order chi connectivity index (χ1) is 11.5. The van der Waals surface area contributed by atoms with Gasteiger partial charge in [0.1, 0.15) is 11.5 Å². The molecule has 1 saturated heterocycles. The number of pyridine rings is 1. The number of nitrogens with zero attached hydrogens (tertiary/aromatic N) is 2. The number of amides is 1. The maximum Gasteiger partial charge on any atom is 0.270 e. The number of hydrogen-bond acceptors (Lipinski definition) is 3. The molecule has 1 N–H and O–H groups in total. The summed E-state index contributed by atoms with van der Waals surface area (Å²) in [6.45, 7) is 1.29. The van der Waals surface area contributed by atoms with Crippen LogP contribution in [-0.2, 0) is 0 Å². The first-order valence-corrected chi connectivity index (χ1v) is 8.24. The number of carbonyl (C=O) groups excluding carboxylic acids is 1. The number of halogens is 1. The van der Waals surface area contributed by atoms with Gasteiger partial charge in [0.15, 0.2) is 5.43 Å². The molecule has 1 aliphatic heterocycles. The van der Waals surface area contributed by atoms with Crippen molar-refractivity contribution in [3.05, 3.63) is 46.0 Å².